The lowest BCUT2D eigenvalue weighted by atomic mass is 9.93. The van der Waals surface area contributed by atoms with Crippen molar-refractivity contribution in [3.63, 3.8) is 0 Å². The minimum Gasteiger partial charge on any atom is -0.463 e. The number of primary amides is 1. The van der Waals surface area contributed by atoms with Crippen molar-refractivity contribution >= 4 is 53.5 Å². The molecule has 0 aromatic heterocycles. The zero-order valence-corrected chi connectivity index (χ0v) is 37.1. The zero-order valence-electron chi connectivity index (χ0n) is 37.1. The van der Waals surface area contributed by atoms with Gasteiger partial charge in [-0.3, -0.25) is 43.2 Å². The molecule has 3 aliphatic heterocycles. The highest BCUT2D eigenvalue weighted by molar-refractivity contribution is 5.80. The summed E-state index contributed by atoms with van der Waals surface area (Å²) in [6, 6.07) is -3.18. The molecule has 3 fully saturated rings. The molecule has 3 rings (SSSR count). The Balaban J connectivity index is 2.26. The van der Waals surface area contributed by atoms with E-state index in [1.807, 2.05) is 0 Å². The summed E-state index contributed by atoms with van der Waals surface area (Å²) >= 11 is 0. The van der Waals surface area contributed by atoms with Crippen LogP contribution in [0.3, 0.4) is 0 Å². The molecule has 0 bridgehead atoms. The van der Waals surface area contributed by atoms with Gasteiger partial charge in [0.1, 0.15) is 49.7 Å². The van der Waals surface area contributed by atoms with Crippen LogP contribution in [0.2, 0.25) is 0 Å². The quantitative estimate of drug-likeness (QED) is 0.0604. The van der Waals surface area contributed by atoms with Crippen molar-refractivity contribution in [2.45, 2.75) is 147 Å². The highest BCUT2D eigenvalue weighted by atomic mass is 16.8. The summed E-state index contributed by atoms with van der Waals surface area (Å²) in [6.07, 6.45) is -18.3. The molecule has 0 aliphatic carbocycles. The van der Waals surface area contributed by atoms with Crippen LogP contribution < -0.4 is 16.4 Å². The molecule has 0 radical (unpaired) electrons. The Morgan fingerprint density at radius 1 is 0.538 bits per heavy atom. The van der Waals surface area contributed by atoms with Crippen molar-refractivity contribution in [1.29, 1.82) is 0 Å². The minimum atomic E-state index is -1.81. The second-order valence-electron chi connectivity index (χ2n) is 14.7. The third kappa shape index (κ3) is 15.8. The van der Waals surface area contributed by atoms with Crippen LogP contribution in [0, 0.1) is 0 Å². The van der Waals surface area contributed by atoms with E-state index in [9.17, 15) is 43.2 Å². The highest BCUT2D eigenvalue weighted by Gasteiger charge is 2.59. The van der Waals surface area contributed by atoms with Crippen molar-refractivity contribution in [2.24, 2.45) is 5.73 Å². The normalized spacial score (nSPS) is 31.1. The van der Waals surface area contributed by atoms with E-state index in [-0.39, 0.29) is 13.2 Å². The zero-order chi connectivity index (χ0) is 48.7. The fraction of sp³-hybridized carbons (Fsp3) is 0.675. The Bertz CT molecular complexity index is 1760. The Morgan fingerprint density at radius 3 is 1.37 bits per heavy atom. The van der Waals surface area contributed by atoms with Crippen LogP contribution in [0.4, 0.5) is 0 Å². The van der Waals surface area contributed by atoms with Crippen molar-refractivity contribution in [2.75, 3.05) is 26.4 Å². The monoisotopic (exact) mass is 931 g/mol. The maximum absolute atomic E-state index is 13.0. The Labute approximate surface area is 373 Å². The van der Waals surface area contributed by atoms with Gasteiger partial charge in [-0.2, -0.15) is 0 Å². The van der Waals surface area contributed by atoms with E-state index in [2.05, 4.69) is 23.8 Å². The van der Waals surface area contributed by atoms with Crippen molar-refractivity contribution < 1.29 is 105 Å². The molecule has 3 aliphatic rings. The maximum atomic E-state index is 13.0. The lowest BCUT2D eigenvalue weighted by Gasteiger charge is -2.50. The van der Waals surface area contributed by atoms with Gasteiger partial charge in [0.2, 0.25) is 17.7 Å². The van der Waals surface area contributed by atoms with E-state index in [1.165, 1.54) is 12.2 Å². The van der Waals surface area contributed by atoms with Crippen LogP contribution in [0.15, 0.2) is 25.3 Å². The topological polar surface area (TPSA) is 324 Å². The molecule has 65 heavy (non-hydrogen) atoms. The first kappa shape index (κ1) is 53.8. The van der Waals surface area contributed by atoms with Gasteiger partial charge in [0.25, 0.3) is 0 Å². The molecular weight excluding hydrogens is 874 g/mol. The van der Waals surface area contributed by atoms with Gasteiger partial charge in [0, 0.05) is 55.4 Å². The first-order chi connectivity index (χ1) is 30.6. The molecule has 0 saturated carbocycles. The molecule has 3 amide bonds. The minimum absolute atomic E-state index is 0.192. The molecule has 3 heterocycles. The number of nitrogens with two attached hydrogens (primary N) is 1. The first-order valence-corrected chi connectivity index (χ1v) is 20.1. The van der Waals surface area contributed by atoms with Gasteiger partial charge in [-0.15, -0.1) is 13.2 Å². The Kier molecular flexibility index (Phi) is 20.9. The van der Waals surface area contributed by atoms with Crippen LogP contribution in [0.5, 0.6) is 0 Å². The van der Waals surface area contributed by atoms with Crippen molar-refractivity contribution in [3.8, 4) is 0 Å². The van der Waals surface area contributed by atoms with Gasteiger partial charge < -0.3 is 77.9 Å². The fourth-order valence-electron chi connectivity index (χ4n) is 7.12. The van der Waals surface area contributed by atoms with E-state index in [1.54, 1.807) is 0 Å². The molecule has 3 saturated heterocycles. The summed E-state index contributed by atoms with van der Waals surface area (Å²) in [7, 11) is 0. The molecule has 364 valence electrons. The molecule has 25 heteroatoms. The molecular formula is C40H57N3O22. The third-order valence-corrected chi connectivity index (χ3v) is 9.28. The smallest absolute Gasteiger partial charge is 0.303 e. The number of esters is 6. The summed E-state index contributed by atoms with van der Waals surface area (Å²) in [4.78, 5) is 113. The van der Waals surface area contributed by atoms with Gasteiger partial charge in [0.15, 0.2) is 55.5 Å². The predicted octanol–water partition coefficient (Wildman–Crippen LogP) is -1.95. The number of hydrogen-bond acceptors (Lipinski definition) is 22. The standard InChI is InChI=1S/C40H57N3O22/c1-11-13-53-35(37(41)52)33-34(60-24(10)51)36(40(64-33)54-14-12-2)65-39-28(43-18(4)45)32(59-23(9)50)30(26(62-39)16-56-20(6)47)63-38-27(42-17(3)44)31(58-22(8)49)29(57-21(7)48)25(61-38)15-55-19(5)46/h11-12,25-36,38-40H,1-2,13-16H2,3-10H3,(H2,41,52)(H,42,44)(H,43,45)/t25-,26-,27-,28-,29-,30-,31-,32-,33?,34+,35+,36-,38+,39+,40+/m1/s1. The average Bonchev–Trinajstić information content (AvgIpc) is 3.50. The number of hydrogen-bond donors (Lipinski definition) is 3. The fourth-order valence-corrected chi connectivity index (χ4v) is 7.12. The van der Waals surface area contributed by atoms with Gasteiger partial charge in [-0.25, -0.2) is 0 Å². The van der Waals surface area contributed by atoms with Gasteiger partial charge in [-0.05, 0) is 0 Å². The summed E-state index contributed by atoms with van der Waals surface area (Å²) in [5, 5.41) is 5.14. The molecule has 0 aromatic rings. The van der Waals surface area contributed by atoms with E-state index < -0.39 is 159 Å². The number of rotatable bonds is 22. The van der Waals surface area contributed by atoms with Crippen molar-refractivity contribution in [3.05, 3.63) is 25.3 Å². The Morgan fingerprint density at radius 2 is 0.954 bits per heavy atom. The second-order valence-corrected chi connectivity index (χ2v) is 14.7. The molecule has 1 unspecified atom stereocenters. The number of nitrogens with one attached hydrogen (secondary N) is 2. The first-order valence-electron chi connectivity index (χ1n) is 20.1. The number of carbonyl (C=O) groups excluding carboxylic acids is 9. The van der Waals surface area contributed by atoms with Crippen LogP contribution >= 0.6 is 0 Å². The van der Waals surface area contributed by atoms with E-state index in [0.29, 0.717) is 0 Å². The molecule has 0 aromatic carbocycles. The van der Waals surface area contributed by atoms with Crippen LogP contribution in [0.25, 0.3) is 0 Å². The van der Waals surface area contributed by atoms with Gasteiger partial charge >= 0.3 is 35.8 Å². The number of ether oxygens (including phenoxy) is 13. The molecule has 15 atom stereocenters. The molecule has 25 nitrogen and oxygen atoms in total. The van der Waals surface area contributed by atoms with E-state index in [4.69, 9.17) is 67.3 Å². The van der Waals surface area contributed by atoms with E-state index in [0.717, 1.165) is 55.4 Å². The van der Waals surface area contributed by atoms with Gasteiger partial charge in [-0.1, -0.05) is 12.2 Å². The largest absolute Gasteiger partial charge is 0.463 e. The SMILES string of the molecule is C=CCO[C@H]1OC([C@H](OCC=C)C(N)=O)[C@H](OC(C)=O)[C@H]1O[C@@H]1O[C@H](COC(C)=O)[C@@H](O[C@@H]2O[C@H](COC(C)=O)[C@@H](OC(C)=O)[C@H](OC(C)=O)[C@H]2NC(C)=O)[C@H](OC(C)=O)[C@H]1NC(C)=O. The highest BCUT2D eigenvalue weighted by Crippen LogP contribution is 2.37. The van der Waals surface area contributed by atoms with Gasteiger partial charge in [0.05, 0.1) is 13.2 Å². The average molecular weight is 932 g/mol. The number of amides is 3. The van der Waals surface area contributed by atoms with Crippen LogP contribution in [-0.4, -0.2) is 172 Å². The summed E-state index contributed by atoms with van der Waals surface area (Å²) in [5.41, 5.74) is 5.68. The molecule has 4 N–H and O–H groups in total. The lowest BCUT2D eigenvalue weighted by Crippen LogP contribution is -2.71. The second kappa shape index (κ2) is 25.2. The third-order valence-electron chi connectivity index (χ3n) is 9.28. The summed E-state index contributed by atoms with van der Waals surface area (Å²) < 4.78 is 75.9. The lowest BCUT2D eigenvalue weighted by molar-refractivity contribution is -0.343. The van der Waals surface area contributed by atoms with Crippen LogP contribution in [-0.2, 0) is 105 Å². The Hall–Kier alpha value is -5.57. The van der Waals surface area contributed by atoms with Crippen molar-refractivity contribution in [1.82, 2.24) is 10.6 Å². The van der Waals surface area contributed by atoms with E-state index >= 15 is 0 Å². The predicted molar refractivity (Wildman–Crippen MR) is 212 cm³/mol. The summed E-state index contributed by atoms with van der Waals surface area (Å²) in [6.45, 7) is 13.9. The maximum Gasteiger partial charge on any atom is 0.303 e. The number of carbonyl (C=O) groups is 9. The molecule has 0 spiro atoms. The van der Waals surface area contributed by atoms with Crippen LogP contribution in [0.1, 0.15) is 55.4 Å². The summed E-state index contributed by atoms with van der Waals surface area (Å²) in [5.74, 6) is -7.79.